The van der Waals surface area contributed by atoms with Crippen LogP contribution in [0.25, 0.3) is 0 Å². The summed E-state index contributed by atoms with van der Waals surface area (Å²) in [4.78, 5) is 19.1. The molecule has 4 nitrogen and oxygen atoms in total. The zero-order valence-electron chi connectivity index (χ0n) is 9.86. The van der Waals surface area contributed by atoms with Crippen molar-refractivity contribution in [2.75, 3.05) is 0 Å². The van der Waals surface area contributed by atoms with Crippen LogP contribution in [0.3, 0.4) is 0 Å². The first-order valence-corrected chi connectivity index (χ1v) is 5.77. The molecule has 0 aliphatic heterocycles. The van der Waals surface area contributed by atoms with Crippen LogP contribution in [0.15, 0.2) is 48.9 Å². The second-order valence-corrected chi connectivity index (χ2v) is 4.10. The van der Waals surface area contributed by atoms with Gasteiger partial charge in [-0.2, -0.15) is 0 Å². The van der Waals surface area contributed by atoms with Gasteiger partial charge in [0.1, 0.15) is 0 Å². The molecule has 1 atom stereocenters. The van der Waals surface area contributed by atoms with Gasteiger partial charge < -0.3 is 5.11 Å². The average Bonchev–Trinajstić information content (AvgIpc) is 2.40. The van der Waals surface area contributed by atoms with E-state index in [1.54, 1.807) is 18.6 Å². The summed E-state index contributed by atoms with van der Waals surface area (Å²) in [6.45, 7) is 0. The van der Waals surface area contributed by atoms with Crippen molar-refractivity contribution >= 4 is 5.97 Å². The zero-order chi connectivity index (χ0) is 12.8. The van der Waals surface area contributed by atoms with Gasteiger partial charge in [-0.15, -0.1) is 0 Å². The Morgan fingerprint density at radius 3 is 2.56 bits per heavy atom. The highest BCUT2D eigenvalue weighted by atomic mass is 16.4. The summed E-state index contributed by atoms with van der Waals surface area (Å²) in [7, 11) is 0. The molecule has 0 bridgehead atoms. The van der Waals surface area contributed by atoms with Crippen LogP contribution < -0.4 is 0 Å². The molecule has 0 aliphatic carbocycles. The van der Waals surface area contributed by atoms with Gasteiger partial charge in [-0.1, -0.05) is 6.07 Å². The highest BCUT2D eigenvalue weighted by molar-refractivity contribution is 5.68. The third kappa shape index (κ3) is 3.38. The van der Waals surface area contributed by atoms with Crippen molar-refractivity contribution in [3.63, 3.8) is 0 Å². The Labute approximate surface area is 105 Å². The minimum atomic E-state index is -0.798. The van der Waals surface area contributed by atoms with Crippen LogP contribution in [0, 0.1) is 0 Å². The maximum Gasteiger partial charge on any atom is 0.303 e. The molecule has 18 heavy (non-hydrogen) atoms. The van der Waals surface area contributed by atoms with E-state index in [2.05, 4.69) is 9.97 Å². The highest BCUT2D eigenvalue weighted by Crippen LogP contribution is 2.23. The topological polar surface area (TPSA) is 63.1 Å². The largest absolute Gasteiger partial charge is 0.481 e. The van der Waals surface area contributed by atoms with Gasteiger partial charge in [0, 0.05) is 24.3 Å². The first-order valence-electron chi connectivity index (χ1n) is 5.77. The van der Waals surface area contributed by atoms with Gasteiger partial charge in [0.05, 0.1) is 6.42 Å². The van der Waals surface area contributed by atoms with Crippen LogP contribution in [0.1, 0.15) is 23.6 Å². The molecule has 0 amide bonds. The number of hydrogen-bond acceptors (Lipinski definition) is 3. The predicted molar refractivity (Wildman–Crippen MR) is 67.2 cm³/mol. The maximum atomic E-state index is 10.9. The Bertz CT molecular complexity index is 500. The highest BCUT2D eigenvalue weighted by Gasteiger charge is 2.16. The molecule has 1 unspecified atom stereocenters. The SMILES string of the molecule is O=C(O)CC(Cc1ccccn1)c1ccncc1. The van der Waals surface area contributed by atoms with Gasteiger partial charge in [0.15, 0.2) is 0 Å². The molecule has 92 valence electrons. The van der Waals surface area contributed by atoms with Gasteiger partial charge in [-0.25, -0.2) is 0 Å². The van der Waals surface area contributed by atoms with Crippen molar-refractivity contribution in [2.24, 2.45) is 0 Å². The Hall–Kier alpha value is -2.23. The van der Waals surface area contributed by atoms with E-state index >= 15 is 0 Å². The standard InChI is InChI=1S/C14H14N2O2/c17-14(18)10-12(11-4-7-15-8-5-11)9-13-3-1-2-6-16-13/h1-8,12H,9-10H2,(H,17,18). The molecule has 2 rings (SSSR count). The van der Waals surface area contributed by atoms with Crippen LogP contribution >= 0.6 is 0 Å². The minimum Gasteiger partial charge on any atom is -0.481 e. The number of hydrogen-bond donors (Lipinski definition) is 1. The van der Waals surface area contributed by atoms with Crippen molar-refractivity contribution < 1.29 is 9.90 Å². The number of carbonyl (C=O) groups is 1. The zero-order valence-corrected chi connectivity index (χ0v) is 9.86. The third-order valence-corrected chi connectivity index (χ3v) is 2.78. The number of carboxylic acids is 1. The van der Waals surface area contributed by atoms with Crippen molar-refractivity contribution in [2.45, 2.75) is 18.8 Å². The number of aromatic nitrogens is 2. The smallest absolute Gasteiger partial charge is 0.303 e. The van der Waals surface area contributed by atoms with Crippen LogP contribution in [0.5, 0.6) is 0 Å². The Balaban J connectivity index is 2.18. The summed E-state index contributed by atoms with van der Waals surface area (Å²) in [5, 5.41) is 8.99. The normalized spacial score (nSPS) is 12.0. The van der Waals surface area contributed by atoms with Crippen molar-refractivity contribution in [1.82, 2.24) is 9.97 Å². The van der Waals surface area contributed by atoms with E-state index in [4.69, 9.17) is 5.11 Å². The molecule has 2 heterocycles. The summed E-state index contributed by atoms with van der Waals surface area (Å²) in [5.74, 6) is -0.867. The van der Waals surface area contributed by atoms with Crippen LogP contribution in [0.2, 0.25) is 0 Å². The van der Waals surface area contributed by atoms with E-state index < -0.39 is 5.97 Å². The molecular weight excluding hydrogens is 228 g/mol. The van der Waals surface area contributed by atoms with Gasteiger partial charge in [0.2, 0.25) is 0 Å². The van der Waals surface area contributed by atoms with Crippen molar-refractivity contribution in [1.29, 1.82) is 0 Å². The molecule has 0 saturated heterocycles. The first kappa shape index (κ1) is 12.2. The fourth-order valence-corrected chi connectivity index (χ4v) is 1.93. The number of rotatable bonds is 5. The molecule has 2 aromatic heterocycles. The van der Waals surface area contributed by atoms with Gasteiger partial charge >= 0.3 is 5.97 Å². The number of nitrogens with zero attached hydrogens (tertiary/aromatic N) is 2. The molecule has 0 fully saturated rings. The van der Waals surface area contributed by atoms with E-state index in [0.717, 1.165) is 11.3 Å². The lowest BCUT2D eigenvalue weighted by Gasteiger charge is -2.14. The van der Waals surface area contributed by atoms with E-state index in [0.29, 0.717) is 6.42 Å². The molecule has 2 aromatic rings. The van der Waals surface area contributed by atoms with Gasteiger partial charge in [0.25, 0.3) is 0 Å². The van der Waals surface area contributed by atoms with E-state index in [1.807, 2.05) is 30.3 Å². The molecule has 0 radical (unpaired) electrons. The molecule has 4 heteroatoms. The van der Waals surface area contributed by atoms with Crippen molar-refractivity contribution in [3.8, 4) is 0 Å². The minimum absolute atomic E-state index is 0.0691. The molecule has 0 aromatic carbocycles. The fourth-order valence-electron chi connectivity index (χ4n) is 1.93. The van der Waals surface area contributed by atoms with E-state index in [-0.39, 0.29) is 12.3 Å². The molecule has 0 spiro atoms. The summed E-state index contributed by atoms with van der Waals surface area (Å²) in [5.41, 5.74) is 1.89. The number of carboxylic acid groups (broad SMARTS) is 1. The second-order valence-electron chi connectivity index (χ2n) is 4.10. The summed E-state index contributed by atoms with van der Waals surface area (Å²) >= 11 is 0. The third-order valence-electron chi connectivity index (χ3n) is 2.78. The second kappa shape index (κ2) is 5.91. The quantitative estimate of drug-likeness (QED) is 0.873. The van der Waals surface area contributed by atoms with Gasteiger partial charge in [-0.05, 0) is 42.2 Å². The molecule has 1 N–H and O–H groups in total. The molecule has 0 aliphatic rings. The molecular formula is C14H14N2O2. The monoisotopic (exact) mass is 242 g/mol. The lowest BCUT2D eigenvalue weighted by atomic mass is 9.92. The predicted octanol–water partition coefficient (Wildman–Crippen LogP) is 2.28. The first-order chi connectivity index (χ1) is 8.75. The van der Waals surface area contributed by atoms with Gasteiger partial charge in [-0.3, -0.25) is 14.8 Å². The Kier molecular flexibility index (Phi) is 4.02. The number of pyridine rings is 2. The molecule has 0 saturated carbocycles. The lowest BCUT2D eigenvalue weighted by Crippen LogP contribution is -2.10. The van der Waals surface area contributed by atoms with Crippen molar-refractivity contribution in [3.05, 3.63) is 60.2 Å². The lowest BCUT2D eigenvalue weighted by molar-refractivity contribution is -0.137. The Morgan fingerprint density at radius 2 is 1.94 bits per heavy atom. The van der Waals surface area contributed by atoms with Crippen LogP contribution in [0.4, 0.5) is 0 Å². The summed E-state index contributed by atoms with van der Waals surface area (Å²) in [6.07, 6.45) is 5.81. The fraction of sp³-hybridized carbons (Fsp3) is 0.214. The average molecular weight is 242 g/mol. The number of aliphatic carboxylic acids is 1. The summed E-state index contributed by atoms with van der Waals surface area (Å²) < 4.78 is 0. The van der Waals surface area contributed by atoms with E-state index in [9.17, 15) is 4.79 Å². The maximum absolute atomic E-state index is 10.9. The Morgan fingerprint density at radius 1 is 1.17 bits per heavy atom. The van der Waals surface area contributed by atoms with E-state index in [1.165, 1.54) is 0 Å². The summed E-state index contributed by atoms with van der Waals surface area (Å²) in [6, 6.07) is 9.39. The van der Waals surface area contributed by atoms with Crippen LogP contribution in [-0.2, 0) is 11.2 Å². The van der Waals surface area contributed by atoms with Crippen LogP contribution in [-0.4, -0.2) is 21.0 Å².